The smallest absolute Gasteiger partial charge is 0.172 e. The highest BCUT2D eigenvalue weighted by Crippen LogP contribution is 2.28. The van der Waals surface area contributed by atoms with Crippen molar-refractivity contribution in [1.82, 2.24) is 19.9 Å². The molecule has 102 valence electrons. The summed E-state index contributed by atoms with van der Waals surface area (Å²) in [5, 5.41) is 1.63. The van der Waals surface area contributed by atoms with Crippen LogP contribution in [0.4, 0.5) is 0 Å². The Morgan fingerprint density at radius 3 is 2.80 bits per heavy atom. The molecular formula is C13H11BrN4OS. The molecule has 0 radical (unpaired) electrons. The number of nitrogens with zero attached hydrogens (tertiary/aromatic N) is 3. The lowest BCUT2D eigenvalue weighted by molar-refractivity contribution is 0.415. The van der Waals surface area contributed by atoms with Crippen molar-refractivity contribution in [2.24, 2.45) is 0 Å². The second kappa shape index (κ2) is 5.41. The molecule has 0 spiro atoms. The minimum Gasteiger partial charge on any atom is -0.497 e. The highest BCUT2D eigenvalue weighted by molar-refractivity contribution is 9.10. The Balaban J connectivity index is 1.94. The zero-order valence-corrected chi connectivity index (χ0v) is 13.2. The van der Waals surface area contributed by atoms with Crippen LogP contribution in [-0.2, 0) is 0 Å². The molecule has 0 aliphatic carbocycles. The number of halogens is 1. The summed E-state index contributed by atoms with van der Waals surface area (Å²) in [4.78, 5) is 16.3. The van der Waals surface area contributed by atoms with E-state index in [0.29, 0.717) is 0 Å². The first-order chi connectivity index (χ1) is 9.64. The quantitative estimate of drug-likeness (QED) is 0.731. The van der Waals surface area contributed by atoms with Crippen molar-refractivity contribution in [1.29, 1.82) is 0 Å². The fourth-order valence-corrected chi connectivity index (χ4v) is 3.27. The lowest BCUT2D eigenvalue weighted by Crippen LogP contribution is -1.90. The van der Waals surface area contributed by atoms with E-state index in [4.69, 9.17) is 4.74 Å². The van der Waals surface area contributed by atoms with Gasteiger partial charge >= 0.3 is 0 Å². The molecule has 2 aromatic heterocycles. The number of imidazole rings is 1. The number of fused-ring (bicyclic) bond motifs is 1. The maximum absolute atomic E-state index is 5.20. The maximum Gasteiger partial charge on any atom is 0.172 e. The normalized spacial score (nSPS) is 10.9. The summed E-state index contributed by atoms with van der Waals surface area (Å²) in [5.41, 5.74) is 1.84. The van der Waals surface area contributed by atoms with Crippen LogP contribution in [-0.4, -0.2) is 27.0 Å². The van der Waals surface area contributed by atoms with Gasteiger partial charge in [0, 0.05) is 12.1 Å². The topological polar surface area (TPSA) is 63.7 Å². The number of hydrogen-bond donors (Lipinski definition) is 1. The van der Waals surface area contributed by atoms with Crippen molar-refractivity contribution in [2.45, 2.75) is 17.1 Å². The van der Waals surface area contributed by atoms with Crippen LogP contribution in [0.5, 0.6) is 5.75 Å². The van der Waals surface area contributed by atoms with Crippen LogP contribution >= 0.6 is 27.7 Å². The summed E-state index contributed by atoms with van der Waals surface area (Å²) in [6, 6.07) is 7.61. The van der Waals surface area contributed by atoms with E-state index in [1.54, 1.807) is 7.11 Å². The monoisotopic (exact) mass is 350 g/mol. The van der Waals surface area contributed by atoms with Crippen LogP contribution in [0.15, 0.2) is 39.1 Å². The first kappa shape index (κ1) is 13.4. The van der Waals surface area contributed by atoms with E-state index in [1.807, 2.05) is 31.2 Å². The van der Waals surface area contributed by atoms with Gasteiger partial charge in [-0.05, 0) is 46.7 Å². The number of benzene rings is 1. The largest absolute Gasteiger partial charge is 0.497 e. The van der Waals surface area contributed by atoms with Gasteiger partial charge in [0.25, 0.3) is 0 Å². The minimum atomic E-state index is 0.722. The van der Waals surface area contributed by atoms with E-state index in [0.717, 1.165) is 37.4 Å². The number of aromatic nitrogens is 4. The molecule has 3 rings (SSSR count). The molecule has 0 aliphatic heterocycles. The number of methoxy groups -OCH3 is 1. The van der Waals surface area contributed by atoms with E-state index >= 15 is 0 Å². The molecule has 0 atom stereocenters. The molecule has 5 nitrogen and oxygen atoms in total. The van der Waals surface area contributed by atoms with Crippen molar-refractivity contribution < 1.29 is 4.74 Å². The number of aromatic amines is 1. The number of H-pyrrole nitrogens is 1. The van der Waals surface area contributed by atoms with Crippen LogP contribution in [0, 0.1) is 6.92 Å². The molecule has 2 heterocycles. The molecule has 0 unspecified atom stereocenters. The van der Waals surface area contributed by atoms with Gasteiger partial charge in [-0.3, -0.25) is 0 Å². The van der Waals surface area contributed by atoms with Crippen molar-refractivity contribution in [3.8, 4) is 5.75 Å². The summed E-state index contributed by atoms with van der Waals surface area (Å²) in [6.07, 6.45) is 0. The third kappa shape index (κ3) is 2.78. The SMILES string of the molecule is COc1ccc2nc(Sc3cc(Br)nc(C)n3)[nH]c2c1. The van der Waals surface area contributed by atoms with Gasteiger partial charge in [-0.1, -0.05) is 0 Å². The Hall–Kier alpha value is -1.60. The molecule has 3 aromatic rings. The number of hydrogen-bond acceptors (Lipinski definition) is 5. The maximum atomic E-state index is 5.20. The van der Waals surface area contributed by atoms with Crippen LogP contribution in [0.3, 0.4) is 0 Å². The molecule has 0 fully saturated rings. The van der Waals surface area contributed by atoms with Gasteiger partial charge < -0.3 is 9.72 Å². The van der Waals surface area contributed by atoms with Crippen molar-refractivity contribution >= 4 is 38.7 Å². The molecule has 1 N–H and O–H groups in total. The molecule has 1 aromatic carbocycles. The minimum absolute atomic E-state index is 0.722. The Bertz CT molecular complexity index is 754. The van der Waals surface area contributed by atoms with Gasteiger partial charge in [0.05, 0.1) is 18.1 Å². The lowest BCUT2D eigenvalue weighted by atomic mass is 10.3. The second-order valence-electron chi connectivity index (χ2n) is 4.10. The van der Waals surface area contributed by atoms with E-state index in [1.165, 1.54) is 11.8 Å². The van der Waals surface area contributed by atoms with Crippen molar-refractivity contribution in [3.63, 3.8) is 0 Å². The fourth-order valence-electron chi connectivity index (χ4n) is 1.80. The van der Waals surface area contributed by atoms with Crippen LogP contribution < -0.4 is 4.74 Å². The summed E-state index contributed by atoms with van der Waals surface area (Å²) in [5.74, 6) is 1.53. The standard InChI is InChI=1S/C13H11BrN4OS/c1-7-15-11(14)6-12(16-7)20-13-17-9-4-3-8(19-2)5-10(9)18-13/h3-6H,1-2H3,(H,17,18). The Labute approximate surface area is 128 Å². The number of nitrogens with one attached hydrogen (secondary N) is 1. The average molecular weight is 351 g/mol. The second-order valence-corrected chi connectivity index (χ2v) is 5.92. The van der Waals surface area contributed by atoms with Crippen LogP contribution in [0.25, 0.3) is 11.0 Å². The van der Waals surface area contributed by atoms with Crippen LogP contribution in [0.2, 0.25) is 0 Å². The summed E-state index contributed by atoms with van der Waals surface area (Å²) < 4.78 is 5.97. The summed E-state index contributed by atoms with van der Waals surface area (Å²) >= 11 is 4.83. The van der Waals surface area contributed by atoms with Gasteiger partial charge in [-0.25, -0.2) is 15.0 Å². The molecule has 0 saturated heterocycles. The number of ether oxygens (including phenoxy) is 1. The highest BCUT2D eigenvalue weighted by Gasteiger charge is 2.08. The molecule has 0 amide bonds. The molecule has 0 aliphatic rings. The molecular weight excluding hydrogens is 340 g/mol. The third-order valence-corrected chi connectivity index (χ3v) is 3.86. The number of rotatable bonds is 3. The van der Waals surface area contributed by atoms with Crippen molar-refractivity contribution in [3.05, 3.63) is 34.7 Å². The predicted octanol–water partition coefficient (Wildman–Crippen LogP) is 3.58. The van der Waals surface area contributed by atoms with Crippen LogP contribution in [0.1, 0.15) is 5.82 Å². The summed E-state index contributed by atoms with van der Waals surface area (Å²) in [7, 11) is 1.65. The van der Waals surface area contributed by atoms with Gasteiger partial charge in [0.1, 0.15) is 21.2 Å². The van der Waals surface area contributed by atoms with Gasteiger partial charge in [-0.15, -0.1) is 0 Å². The Kier molecular flexibility index (Phi) is 3.62. The van der Waals surface area contributed by atoms with E-state index in [9.17, 15) is 0 Å². The van der Waals surface area contributed by atoms with E-state index in [2.05, 4.69) is 35.9 Å². The molecule has 7 heteroatoms. The predicted molar refractivity (Wildman–Crippen MR) is 81.2 cm³/mol. The molecule has 0 bridgehead atoms. The van der Waals surface area contributed by atoms with Gasteiger partial charge in [-0.2, -0.15) is 0 Å². The highest BCUT2D eigenvalue weighted by atomic mass is 79.9. The van der Waals surface area contributed by atoms with Crippen molar-refractivity contribution in [2.75, 3.05) is 7.11 Å². The van der Waals surface area contributed by atoms with E-state index in [-0.39, 0.29) is 0 Å². The molecule has 20 heavy (non-hydrogen) atoms. The van der Waals surface area contributed by atoms with E-state index < -0.39 is 0 Å². The third-order valence-electron chi connectivity index (χ3n) is 2.65. The first-order valence-corrected chi connectivity index (χ1v) is 7.48. The number of aryl methyl sites for hydroxylation is 1. The average Bonchev–Trinajstić information content (AvgIpc) is 2.78. The zero-order valence-electron chi connectivity index (χ0n) is 10.8. The lowest BCUT2D eigenvalue weighted by Gasteiger charge is -1.99. The van der Waals surface area contributed by atoms with Gasteiger partial charge in [0.2, 0.25) is 0 Å². The Morgan fingerprint density at radius 2 is 2.05 bits per heavy atom. The summed E-state index contributed by atoms with van der Waals surface area (Å²) in [6.45, 7) is 1.86. The Morgan fingerprint density at radius 1 is 1.20 bits per heavy atom. The first-order valence-electron chi connectivity index (χ1n) is 5.87. The fraction of sp³-hybridized carbons (Fsp3) is 0.154. The zero-order chi connectivity index (χ0) is 14.1. The molecule has 0 saturated carbocycles. The van der Waals surface area contributed by atoms with Gasteiger partial charge in [0.15, 0.2) is 5.16 Å².